The van der Waals surface area contributed by atoms with Crippen molar-refractivity contribution >= 4 is 29.0 Å². The molecular formula is C28H32N6O2. The molecule has 0 aliphatic heterocycles. The molecule has 0 aliphatic rings. The summed E-state index contributed by atoms with van der Waals surface area (Å²) >= 11 is 0. The van der Waals surface area contributed by atoms with E-state index in [1.807, 2.05) is 33.2 Å². The summed E-state index contributed by atoms with van der Waals surface area (Å²) in [5.41, 5.74) is 2.78. The third-order valence-corrected chi connectivity index (χ3v) is 5.75. The van der Waals surface area contributed by atoms with Gasteiger partial charge in [0.05, 0.1) is 23.4 Å². The highest BCUT2D eigenvalue weighted by molar-refractivity contribution is 6.08. The van der Waals surface area contributed by atoms with Crippen LogP contribution in [-0.2, 0) is 5.41 Å². The zero-order valence-corrected chi connectivity index (χ0v) is 21.3. The molecule has 1 aromatic heterocycles. The van der Waals surface area contributed by atoms with E-state index >= 15 is 0 Å². The third-order valence-electron chi connectivity index (χ3n) is 5.75. The number of carbonyl (C=O) groups is 2. The molecule has 0 saturated carbocycles. The first-order chi connectivity index (χ1) is 17.1. The summed E-state index contributed by atoms with van der Waals surface area (Å²) in [6.45, 7) is 7.10. The monoisotopic (exact) mass is 484 g/mol. The second-order valence-electron chi connectivity index (χ2n) is 9.42. The molecule has 0 saturated heterocycles. The van der Waals surface area contributed by atoms with Crippen molar-refractivity contribution in [2.24, 2.45) is 0 Å². The summed E-state index contributed by atoms with van der Waals surface area (Å²) in [5, 5.41) is 18.3. The average molecular weight is 485 g/mol. The van der Waals surface area contributed by atoms with Gasteiger partial charge in [0, 0.05) is 29.9 Å². The highest BCUT2D eigenvalue weighted by Crippen LogP contribution is 2.24. The molecule has 36 heavy (non-hydrogen) atoms. The fraction of sp³-hybridized carbons (Fsp3) is 0.286. The lowest BCUT2D eigenvalue weighted by molar-refractivity contribution is 0.101. The van der Waals surface area contributed by atoms with Gasteiger partial charge in [-0.05, 0) is 82.4 Å². The summed E-state index contributed by atoms with van der Waals surface area (Å²) in [6.07, 6.45) is 1.60. The van der Waals surface area contributed by atoms with Gasteiger partial charge >= 0.3 is 0 Å². The number of pyridine rings is 1. The van der Waals surface area contributed by atoms with Crippen LogP contribution in [0, 0.1) is 18.3 Å². The molecule has 3 N–H and O–H groups in total. The molecule has 1 heterocycles. The first-order valence-corrected chi connectivity index (χ1v) is 11.7. The van der Waals surface area contributed by atoms with E-state index in [1.165, 1.54) is 0 Å². The van der Waals surface area contributed by atoms with Crippen molar-refractivity contribution in [2.75, 3.05) is 43.1 Å². The number of rotatable bonds is 9. The molecule has 0 fully saturated rings. The molecule has 186 valence electrons. The second kappa shape index (κ2) is 11.5. The van der Waals surface area contributed by atoms with Crippen LogP contribution in [0.2, 0.25) is 0 Å². The molecule has 3 rings (SSSR count). The summed E-state index contributed by atoms with van der Waals surface area (Å²) in [7, 11) is 4.01. The van der Waals surface area contributed by atoms with Gasteiger partial charge in [0.2, 0.25) is 0 Å². The van der Waals surface area contributed by atoms with Crippen molar-refractivity contribution in [1.82, 2.24) is 9.88 Å². The number of aromatic nitrogens is 1. The van der Waals surface area contributed by atoms with E-state index in [0.29, 0.717) is 22.5 Å². The number of likely N-dealkylation sites (N-methyl/N-ethyl adjacent to an activating group) is 1. The van der Waals surface area contributed by atoms with Crippen molar-refractivity contribution in [3.63, 3.8) is 0 Å². The van der Waals surface area contributed by atoms with Gasteiger partial charge in [-0.15, -0.1) is 0 Å². The number of amides is 2. The highest BCUT2D eigenvalue weighted by Gasteiger charge is 2.21. The van der Waals surface area contributed by atoms with Crippen LogP contribution in [0.1, 0.15) is 45.7 Å². The number of nitrogens with one attached hydrogen (secondary N) is 3. The lowest BCUT2D eigenvalue weighted by Gasteiger charge is -2.16. The number of aryl methyl sites for hydroxylation is 1. The molecule has 0 atom stereocenters. The fourth-order valence-electron chi connectivity index (χ4n) is 3.44. The van der Waals surface area contributed by atoms with Crippen LogP contribution in [0.15, 0.2) is 60.8 Å². The van der Waals surface area contributed by atoms with E-state index in [-0.39, 0.29) is 11.8 Å². The number of carbonyl (C=O) groups excluding carboxylic acids is 2. The molecular weight excluding hydrogens is 452 g/mol. The predicted octanol–water partition coefficient (Wildman–Crippen LogP) is 4.67. The Morgan fingerprint density at radius 1 is 1.00 bits per heavy atom. The van der Waals surface area contributed by atoms with Crippen LogP contribution >= 0.6 is 0 Å². The quantitative estimate of drug-likeness (QED) is 0.407. The topological polar surface area (TPSA) is 110 Å². The maximum atomic E-state index is 13.0. The SMILES string of the molecule is Cc1ccc(NC(=O)c2cccc(C(C)(C)C#N)c2)cc1C(=O)Nc1ccc(NCCN(C)C)nc1. The summed E-state index contributed by atoms with van der Waals surface area (Å²) < 4.78 is 0. The maximum Gasteiger partial charge on any atom is 0.256 e. The maximum absolute atomic E-state index is 13.0. The Bertz CT molecular complexity index is 1280. The van der Waals surface area contributed by atoms with Crippen molar-refractivity contribution in [3.05, 3.63) is 83.0 Å². The van der Waals surface area contributed by atoms with Gasteiger partial charge in [0.25, 0.3) is 11.8 Å². The van der Waals surface area contributed by atoms with E-state index in [9.17, 15) is 14.9 Å². The number of nitrogens with zero attached hydrogens (tertiary/aromatic N) is 3. The van der Waals surface area contributed by atoms with Gasteiger partial charge in [-0.25, -0.2) is 4.98 Å². The van der Waals surface area contributed by atoms with Crippen molar-refractivity contribution < 1.29 is 9.59 Å². The van der Waals surface area contributed by atoms with E-state index in [2.05, 4.69) is 31.9 Å². The third kappa shape index (κ3) is 6.90. The van der Waals surface area contributed by atoms with Gasteiger partial charge < -0.3 is 20.9 Å². The number of anilines is 3. The van der Waals surface area contributed by atoms with Gasteiger partial charge in [-0.2, -0.15) is 5.26 Å². The minimum Gasteiger partial charge on any atom is -0.369 e. The zero-order valence-electron chi connectivity index (χ0n) is 21.3. The molecule has 0 aliphatic carbocycles. The zero-order chi connectivity index (χ0) is 26.3. The molecule has 0 spiro atoms. The first-order valence-electron chi connectivity index (χ1n) is 11.7. The van der Waals surface area contributed by atoms with Crippen LogP contribution in [0.3, 0.4) is 0 Å². The predicted molar refractivity (Wildman–Crippen MR) is 143 cm³/mol. The Labute approximate surface area is 212 Å². The van der Waals surface area contributed by atoms with Crippen molar-refractivity contribution in [2.45, 2.75) is 26.2 Å². The van der Waals surface area contributed by atoms with E-state index in [4.69, 9.17) is 0 Å². The molecule has 0 bridgehead atoms. The lowest BCUT2D eigenvalue weighted by atomic mass is 9.85. The van der Waals surface area contributed by atoms with E-state index in [1.54, 1.807) is 62.5 Å². The van der Waals surface area contributed by atoms with Crippen LogP contribution in [0.4, 0.5) is 17.2 Å². The Morgan fingerprint density at radius 2 is 1.72 bits per heavy atom. The Kier molecular flexibility index (Phi) is 8.41. The van der Waals surface area contributed by atoms with Gasteiger partial charge in [0.15, 0.2) is 0 Å². The number of hydrogen-bond acceptors (Lipinski definition) is 6. The summed E-state index contributed by atoms with van der Waals surface area (Å²) in [5.74, 6) is 0.122. The van der Waals surface area contributed by atoms with Crippen LogP contribution < -0.4 is 16.0 Å². The number of nitriles is 1. The van der Waals surface area contributed by atoms with E-state index < -0.39 is 5.41 Å². The van der Waals surface area contributed by atoms with Gasteiger partial charge in [0.1, 0.15) is 5.82 Å². The standard InChI is InChI=1S/C28H32N6O2/c1-19-9-10-22(32-26(35)20-7-6-8-21(15-20)28(2,3)18-29)16-24(19)27(36)33-23-11-12-25(31-17-23)30-13-14-34(4)5/h6-12,15-17H,13-14H2,1-5H3,(H,30,31)(H,32,35)(H,33,36). The first kappa shape index (κ1) is 26.4. The average Bonchev–Trinajstić information content (AvgIpc) is 2.86. The number of benzene rings is 2. The summed E-state index contributed by atoms with van der Waals surface area (Å²) in [6, 6.07) is 18.0. The normalized spacial score (nSPS) is 11.0. The summed E-state index contributed by atoms with van der Waals surface area (Å²) in [4.78, 5) is 32.3. The Balaban J connectivity index is 1.69. The molecule has 8 nitrogen and oxygen atoms in total. The van der Waals surface area contributed by atoms with Crippen molar-refractivity contribution in [3.8, 4) is 6.07 Å². The van der Waals surface area contributed by atoms with Crippen LogP contribution in [0.5, 0.6) is 0 Å². The molecule has 8 heteroatoms. The molecule has 3 aromatic rings. The molecule has 2 amide bonds. The van der Waals surface area contributed by atoms with Crippen LogP contribution in [0.25, 0.3) is 0 Å². The minimum atomic E-state index is -0.708. The molecule has 0 unspecified atom stereocenters. The molecule has 0 radical (unpaired) electrons. The second-order valence-corrected chi connectivity index (χ2v) is 9.42. The minimum absolute atomic E-state index is 0.295. The highest BCUT2D eigenvalue weighted by atomic mass is 16.2. The van der Waals surface area contributed by atoms with Crippen molar-refractivity contribution in [1.29, 1.82) is 5.26 Å². The lowest BCUT2D eigenvalue weighted by Crippen LogP contribution is -2.21. The van der Waals surface area contributed by atoms with Gasteiger partial charge in [-0.1, -0.05) is 18.2 Å². The Morgan fingerprint density at radius 3 is 2.39 bits per heavy atom. The largest absolute Gasteiger partial charge is 0.369 e. The van der Waals surface area contributed by atoms with Gasteiger partial charge in [-0.3, -0.25) is 9.59 Å². The fourth-order valence-corrected chi connectivity index (χ4v) is 3.44. The number of hydrogen-bond donors (Lipinski definition) is 3. The van der Waals surface area contributed by atoms with E-state index in [0.717, 1.165) is 30.0 Å². The smallest absolute Gasteiger partial charge is 0.256 e. The molecule has 2 aromatic carbocycles. The Hall–Kier alpha value is -4.22. The van der Waals surface area contributed by atoms with Crippen LogP contribution in [-0.4, -0.2) is 48.9 Å².